The molecule has 6 heteroatoms. The normalized spacial score (nSPS) is 13.7. The Bertz CT molecular complexity index is 707. The Morgan fingerprint density at radius 3 is 3.00 bits per heavy atom. The van der Waals surface area contributed by atoms with Gasteiger partial charge in [-0.25, -0.2) is 4.98 Å². The largest absolute Gasteiger partial charge is 0.361 e. The van der Waals surface area contributed by atoms with Gasteiger partial charge in [-0.1, -0.05) is 12.1 Å². The van der Waals surface area contributed by atoms with Gasteiger partial charge in [0.1, 0.15) is 0 Å². The third kappa shape index (κ3) is 3.47. The number of amides is 1. The summed E-state index contributed by atoms with van der Waals surface area (Å²) in [7, 11) is 0. The lowest BCUT2D eigenvalue weighted by Crippen LogP contribution is -2.25. The monoisotopic (exact) mass is 284 g/mol. The molecule has 2 aromatic rings. The van der Waals surface area contributed by atoms with Crippen LogP contribution in [0.5, 0.6) is 0 Å². The summed E-state index contributed by atoms with van der Waals surface area (Å²) in [6.07, 6.45) is 5.13. The van der Waals surface area contributed by atoms with Crippen LogP contribution in [0.3, 0.4) is 0 Å². The van der Waals surface area contributed by atoms with Crippen molar-refractivity contribution in [3.8, 4) is 0 Å². The molecule has 1 heterocycles. The number of H-pyrrole nitrogens is 1. The van der Waals surface area contributed by atoms with E-state index in [1.165, 1.54) is 12.4 Å². The van der Waals surface area contributed by atoms with E-state index in [0.29, 0.717) is 18.2 Å². The van der Waals surface area contributed by atoms with E-state index in [2.05, 4.69) is 20.6 Å². The number of carbonyl (C=O) groups is 1. The van der Waals surface area contributed by atoms with Crippen molar-refractivity contribution in [3.05, 3.63) is 58.1 Å². The fourth-order valence-corrected chi connectivity index (χ4v) is 1.98. The standard InChI is InChI=1S/C15H16N4O2/c20-14(19-12-4-5-12)11-3-1-2-10(8-11)9-18-13-15(21)17-7-6-16-13/h1-3,6-8,12H,4-5,9H2,(H,16,18)(H,17,21)(H,19,20). The molecule has 0 aliphatic heterocycles. The zero-order chi connectivity index (χ0) is 14.7. The minimum absolute atomic E-state index is 0.0463. The number of aromatic nitrogens is 2. The van der Waals surface area contributed by atoms with E-state index in [9.17, 15) is 9.59 Å². The lowest BCUT2D eigenvalue weighted by atomic mass is 10.1. The molecule has 1 aromatic heterocycles. The molecule has 1 aromatic carbocycles. The number of aromatic amines is 1. The Kier molecular flexibility index (Phi) is 3.68. The summed E-state index contributed by atoms with van der Waals surface area (Å²) in [4.78, 5) is 30.0. The van der Waals surface area contributed by atoms with Crippen molar-refractivity contribution in [2.45, 2.75) is 25.4 Å². The van der Waals surface area contributed by atoms with E-state index in [-0.39, 0.29) is 17.3 Å². The van der Waals surface area contributed by atoms with Gasteiger partial charge >= 0.3 is 0 Å². The van der Waals surface area contributed by atoms with Crippen LogP contribution in [0.4, 0.5) is 5.82 Å². The zero-order valence-electron chi connectivity index (χ0n) is 11.4. The lowest BCUT2D eigenvalue weighted by Gasteiger charge is -2.07. The van der Waals surface area contributed by atoms with Gasteiger partial charge in [-0.2, -0.15) is 0 Å². The maximum absolute atomic E-state index is 12.0. The topological polar surface area (TPSA) is 86.9 Å². The second-order valence-electron chi connectivity index (χ2n) is 5.07. The number of nitrogens with zero attached hydrogens (tertiary/aromatic N) is 1. The third-order valence-electron chi connectivity index (χ3n) is 3.27. The van der Waals surface area contributed by atoms with Gasteiger partial charge in [0.15, 0.2) is 5.82 Å². The number of hydrogen-bond acceptors (Lipinski definition) is 4. The molecule has 0 atom stereocenters. The van der Waals surface area contributed by atoms with E-state index in [4.69, 9.17) is 0 Å². The summed E-state index contributed by atoms with van der Waals surface area (Å²) >= 11 is 0. The van der Waals surface area contributed by atoms with Crippen molar-refractivity contribution in [1.82, 2.24) is 15.3 Å². The van der Waals surface area contributed by atoms with Gasteiger partial charge in [-0.05, 0) is 30.5 Å². The Balaban J connectivity index is 1.67. The molecule has 6 nitrogen and oxygen atoms in total. The van der Waals surface area contributed by atoms with Crippen molar-refractivity contribution < 1.29 is 4.79 Å². The van der Waals surface area contributed by atoms with Gasteiger partial charge in [-0.15, -0.1) is 0 Å². The van der Waals surface area contributed by atoms with E-state index in [0.717, 1.165) is 18.4 Å². The molecule has 21 heavy (non-hydrogen) atoms. The van der Waals surface area contributed by atoms with Crippen molar-refractivity contribution in [3.63, 3.8) is 0 Å². The number of nitrogens with one attached hydrogen (secondary N) is 3. The average Bonchev–Trinajstić information content (AvgIpc) is 3.31. The predicted octanol–water partition coefficient (Wildman–Crippen LogP) is 1.27. The van der Waals surface area contributed by atoms with Crippen LogP contribution in [0, 0.1) is 0 Å². The molecule has 3 rings (SSSR count). The molecule has 1 aliphatic rings. The molecule has 1 aliphatic carbocycles. The molecule has 0 spiro atoms. The Morgan fingerprint density at radius 1 is 1.38 bits per heavy atom. The smallest absolute Gasteiger partial charge is 0.290 e. The van der Waals surface area contributed by atoms with E-state index in [1.807, 2.05) is 18.2 Å². The van der Waals surface area contributed by atoms with Crippen molar-refractivity contribution >= 4 is 11.7 Å². The van der Waals surface area contributed by atoms with Crippen molar-refractivity contribution in [1.29, 1.82) is 0 Å². The molecule has 1 fully saturated rings. The average molecular weight is 284 g/mol. The first-order valence-electron chi connectivity index (χ1n) is 6.90. The Morgan fingerprint density at radius 2 is 2.24 bits per heavy atom. The first-order chi connectivity index (χ1) is 10.2. The van der Waals surface area contributed by atoms with Gasteiger partial charge in [0.25, 0.3) is 11.5 Å². The molecule has 3 N–H and O–H groups in total. The van der Waals surface area contributed by atoms with Gasteiger partial charge in [0.05, 0.1) is 0 Å². The SMILES string of the molecule is O=C(NC1CC1)c1cccc(CNc2ncc[nH]c2=O)c1. The van der Waals surface area contributed by atoms with Gasteiger partial charge in [0.2, 0.25) is 0 Å². The van der Waals surface area contributed by atoms with Gasteiger partial charge in [0, 0.05) is 30.5 Å². The first-order valence-corrected chi connectivity index (χ1v) is 6.90. The highest BCUT2D eigenvalue weighted by Gasteiger charge is 2.23. The van der Waals surface area contributed by atoms with Crippen LogP contribution in [0.15, 0.2) is 41.5 Å². The number of benzene rings is 1. The maximum Gasteiger partial charge on any atom is 0.290 e. The number of anilines is 1. The molecule has 108 valence electrons. The van der Waals surface area contributed by atoms with Crippen LogP contribution in [0.1, 0.15) is 28.8 Å². The predicted molar refractivity (Wildman–Crippen MR) is 79.1 cm³/mol. The molecule has 0 radical (unpaired) electrons. The van der Waals surface area contributed by atoms with E-state index in [1.54, 1.807) is 6.07 Å². The minimum atomic E-state index is -0.264. The van der Waals surface area contributed by atoms with Crippen LogP contribution in [-0.4, -0.2) is 21.9 Å². The fourth-order valence-electron chi connectivity index (χ4n) is 1.98. The highest BCUT2D eigenvalue weighted by atomic mass is 16.1. The number of rotatable bonds is 5. The summed E-state index contributed by atoms with van der Waals surface area (Å²) in [6.45, 7) is 0.435. The summed E-state index contributed by atoms with van der Waals surface area (Å²) in [5.74, 6) is 0.223. The molecule has 0 saturated heterocycles. The number of carbonyl (C=O) groups excluding carboxylic acids is 1. The highest BCUT2D eigenvalue weighted by molar-refractivity contribution is 5.94. The van der Waals surface area contributed by atoms with Gasteiger partial charge in [-0.3, -0.25) is 9.59 Å². The van der Waals surface area contributed by atoms with Crippen LogP contribution in [-0.2, 0) is 6.54 Å². The summed E-state index contributed by atoms with van der Waals surface area (Å²) in [5, 5.41) is 5.92. The second-order valence-corrected chi connectivity index (χ2v) is 5.07. The summed E-state index contributed by atoms with van der Waals surface area (Å²) < 4.78 is 0. The van der Waals surface area contributed by atoms with Gasteiger partial charge < -0.3 is 15.6 Å². The van der Waals surface area contributed by atoms with E-state index >= 15 is 0 Å². The lowest BCUT2D eigenvalue weighted by molar-refractivity contribution is 0.0951. The van der Waals surface area contributed by atoms with Crippen LogP contribution >= 0.6 is 0 Å². The first kappa shape index (κ1) is 13.4. The summed E-state index contributed by atoms with van der Waals surface area (Å²) in [5.41, 5.74) is 1.29. The molecule has 0 bridgehead atoms. The zero-order valence-corrected chi connectivity index (χ0v) is 11.4. The molecule has 0 unspecified atom stereocenters. The Hall–Kier alpha value is -2.63. The maximum atomic E-state index is 12.0. The Labute approximate surface area is 121 Å². The quantitative estimate of drug-likeness (QED) is 0.771. The molecular weight excluding hydrogens is 268 g/mol. The molecule has 1 amide bonds. The highest BCUT2D eigenvalue weighted by Crippen LogP contribution is 2.19. The third-order valence-corrected chi connectivity index (χ3v) is 3.27. The van der Waals surface area contributed by atoms with Crippen LogP contribution < -0.4 is 16.2 Å². The molecule has 1 saturated carbocycles. The summed E-state index contributed by atoms with van der Waals surface area (Å²) in [6, 6.07) is 7.68. The van der Waals surface area contributed by atoms with Crippen molar-refractivity contribution in [2.75, 3.05) is 5.32 Å². The molecular formula is C15H16N4O2. The minimum Gasteiger partial charge on any atom is -0.361 e. The fraction of sp³-hybridized carbons (Fsp3) is 0.267. The van der Waals surface area contributed by atoms with Crippen molar-refractivity contribution in [2.24, 2.45) is 0 Å². The van der Waals surface area contributed by atoms with Crippen LogP contribution in [0.2, 0.25) is 0 Å². The van der Waals surface area contributed by atoms with E-state index < -0.39 is 0 Å². The van der Waals surface area contributed by atoms with Crippen LogP contribution in [0.25, 0.3) is 0 Å². The second kappa shape index (κ2) is 5.78. The number of hydrogen-bond donors (Lipinski definition) is 3.